The number of hydrogen-bond acceptors (Lipinski definition) is 10. The van der Waals surface area contributed by atoms with E-state index < -0.39 is 0 Å². The number of hydrogen-bond donors (Lipinski definition) is 0. The molecule has 26 heavy (non-hydrogen) atoms. The number of rotatable bonds is 5. The van der Waals surface area contributed by atoms with Crippen molar-refractivity contribution in [3.05, 3.63) is 21.9 Å². The minimum Gasteiger partial charge on any atom is -0.462 e. The first-order chi connectivity index (χ1) is 12.6. The zero-order valence-electron chi connectivity index (χ0n) is 13.7. The fourth-order valence-corrected chi connectivity index (χ4v) is 6.50. The van der Waals surface area contributed by atoms with Crippen LogP contribution < -0.4 is 0 Å². The summed E-state index contributed by atoms with van der Waals surface area (Å²) < 4.78 is 11.9. The molecule has 0 atom stereocenters. The molecule has 0 aliphatic rings. The molecule has 0 spiro atoms. The first kappa shape index (κ1) is 17.5. The Labute approximate surface area is 164 Å². The third-order valence-corrected chi connectivity index (χ3v) is 7.74. The van der Waals surface area contributed by atoms with Crippen molar-refractivity contribution in [2.24, 2.45) is 0 Å². The smallest absolute Gasteiger partial charge is 0.348 e. The van der Waals surface area contributed by atoms with Gasteiger partial charge in [0.05, 0.1) is 22.6 Å². The maximum Gasteiger partial charge on any atom is 0.348 e. The number of nitrogens with zero attached hydrogens (tertiary/aromatic N) is 2. The van der Waals surface area contributed by atoms with Gasteiger partial charge in [0, 0.05) is 0 Å². The minimum absolute atomic E-state index is 0.314. The van der Waals surface area contributed by atoms with Crippen LogP contribution in [0.4, 0.5) is 0 Å². The third-order valence-electron chi connectivity index (χ3n) is 3.31. The maximum atomic E-state index is 11.8. The number of ether oxygens (including phenoxy) is 2. The van der Waals surface area contributed by atoms with Gasteiger partial charge < -0.3 is 9.47 Å². The molecule has 6 nitrogen and oxygen atoms in total. The first-order valence-corrected chi connectivity index (χ1v) is 11.0. The summed E-state index contributed by atoms with van der Waals surface area (Å²) >= 11 is 5.64. The van der Waals surface area contributed by atoms with E-state index >= 15 is 0 Å². The van der Waals surface area contributed by atoms with E-state index in [9.17, 15) is 9.59 Å². The zero-order valence-corrected chi connectivity index (χ0v) is 17.0. The van der Waals surface area contributed by atoms with Crippen LogP contribution in [0.25, 0.3) is 29.1 Å². The van der Waals surface area contributed by atoms with Crippen LogP contribution in [0.2, 0.25) is 0 Å². The van der Waals surface area contributed by atoms with Crippen molar-refractivity contribution in [1.29, 1.82) is 0 Å². The molecule has 0 saturated carbocycles. The normalized spacial score (nSPS) is 11.3. The van der Waals surface area contributed by atoms with E-state index in [1.807, 2.05) is 12.1 Å². The van der Waals surface area contributed by atoms with E-state index in [0.29, 0.717) is 23.0 Å². The average molecular weight is 425 g/mol. The zero-order chi connectivity index (χ0) is 18.3. The summed E-state index contributed by atoms with van der Waals surface area (Å²) in [5.74, 6) is -0.629. The van der Waals surface area contributed by atoms with Gasteiger partial charge in [0.2, 0.25) is 0 Å². The molecule has 0 aromatic carbocycles. The molecule has 0 aliphatic carbocycles. The van der Waals surface area contributed by atoms with E-state index in [2.05, 4.69) is 9.97 Å². The molecule has 4 aromatic heterocycles. The van der Waals surface area contributed by atoms with Crippen molar-refractivity contribution >= 4 is 76.3 Å². The van der Waals surface area contributed by atoms with E-state index in [1.165, 1.54) is 45.3 Å². The molecule has 134 valence electrons. The Balaban J connectivity index is 1.62. The molecule has 0 aliphatic heterocycles. The molecular formula is C16H12N2O4S4. The van der Waals surface area contributed by atoms with Gasteiger partial charge in [-0.05, 0) is 26.0 Å². The molecule has 0 radical (unpaired) electrons. The minimum atomic E-state index is -0.314. The van der Waals surface area contributed by atoms with Gasteiger partial charge in [0.25, 0.3) is 0 Å². The van der Waals surface area contributed by atoms with Crippen LogP contribution in [-0.4, -0.2) is 35.1 Å². The lowest BCUT2D eigenvalue weighted by Crippen LogP contribution is -2.01. The molecule has 4 heterocycles. The fraction of sp³-hybridized carbons (Fsp3) is 0.250. The summed E-state index contributed by atoms with van der Waals surface area (Å²) in [6.07, 6.45) is 0. The Bertz CT molecular complexity index is 969. The van der Waals surface area contributed by atoms with Crippen LogP contribution in [0.5, 0.6) is 0 Å². The predicted octanol–water partition coefficient (Wildman–Crippen LogP) is 5.05. The summed E-state index contributed by atoms with van der Waals surface area (Å²) in [5, 5.41) is 1.63. The Kier molecular flexibility index (Phi) is 4.74. The van der Waals surface area contributed by atoms with Crippen LogP contribution >= 0.6 is 45.3 Å². The van der Waals surface area contributed by atoms with Gasteiger partial charge in [-0.25, -0.2) is 19.6 Å². The van der Waals surface area contributed by atoms with E-state index in [1.54, 1.807) is 13.8 Å². The van der Waals surface area contributed by atoms with Gasteiger partial charge in [-0.3, -0.25) is 0 Å². The molecule has 0 amide bonds. The number of fused-ring (bicyclic) bond motifs is 2. The Morgan fingerprint density at radius 1 is 0.808 bits per heavy atom. The first-order valence-electron chi connectivity index (χ1n) is 7.74. The summed E-state index contributed by atoms with van der Waals surface area (Å²) in [6, 6.07) is 3.63. The SMILES string of the molecule is CCOC(=O)c1cc2sc(-c3nc4sc(C(=O)OCC)cc4s3)nc2s1. The highest BCUT2D eigenvalue weighted by Gasteiger charge is 2.19. The van der Waals surface area contributed by atoms with Gasteiger partial charge in [-0.15, -0.1) is 45.3 Å². The second-order valence-electron chi connectivity index (χ2n) is 5.04. The van der Waals surface area contributed by atoms with Crippen molar-refractivity contribution < 1.29 is 19.1 Å². The Morgan fingerprint density at radius 3 is 1.58 bits per heavy atom. The van der Waals surface area contributed by atoms with Gasteiger partial charge in [0.1, 0.15) is 19.4 Å². The highest BCUT2D eigenvalue weighted by molar-refractivity contribution is 7.33. The van der Waals surface area contributed by atoms with Gasteiger partial charge >= 0.3 is 11.9 Å². The van der Waals surface area contributed by atoms with Gasteiger partial charge in [-0.1, -0.05) is 0 Å². The lowest BCUT2D eigenvalue weighted by molar-refractivity contribution is 0.0522. The summed E-state index contributed by atoms with van der Waals surface area (Å²) in [4.78, 5) is 35.5. The van der Waals surface area contributed by atoms with Crippen LogP contribution in [0.1, 0.15) is 33.2 Å². The molecule has 0 saturated heterocycles. The second kappa shape index (κ2) is 7.03. The molecule has 10 heteroatoms. The standard InChI is InChI=1S/C16H12N2O4S4/c1-3-21-15(19)9-5-7-11(25-9)17-13(23-7)14-18-12-8(24-14)6-10(26-12)16(20)22-4-2/h5-6H,3-4H2,1-2H3. The quantitative estimate of drug-likeness (QED) is 0.417. The highest BCUT2D eigenvalue weighted by atomic mass is 32.1. The van der Waals surface area contributed by atoms with Crippen molar-refractivity contribution in [2.75, 3.05) is 13.2 Å². The van der Waals surface area contributed by atoms with Crippen molar-refractivity contribution in [2.45, 2.75) is 13.8 Å². The van der Waals surface area contributed by atoms with Crippen molar-refractivity contribution in [1.82, 2.24) is 9.97 Å². The van der Waals surface area contributed by atoms with Gasteiger partial charge in [-0.2, -0.15) is 0 Å². The number of carbonyl (C=O) groups is 2. The second-order valence-corrected chi connectivity index (χ2v) is 9.16. The topological polar surface area (TPSA) is 78.4 Å². The van der Waals surface area contributed by atoms with Crippen molar-refractivity contribution in [3.63, 3.8) is 0 Å². The van der Waals surface area contributed by atoms with Gasteiger partial charge in [0.15, 0.2) is 10.0 Å². The van der Waals surface area contributed by atoms with Crippen LogP contribution in [0.3, 0.4) is 0 Å². The monoisotopic (exact) mass is 424 g/mol. The summed E-state index contributed by atoms with van der Waals surface area (Å²) in [7, 11) is 0. The molecule has 0 unspecified atom stereocenters. The summed E-state index contributed by atoms with van der Waals surface area (Å²) in [5.41, 5.74) is 0. The van der Waals surface area contributed by atoms with E-state index in [-0.39, 0.29) is 11.9 Å². The Hall–Kier alpha value is -1.88. The van der Waals surface area contributed by atoms with Crippen LogP contribution in [0.15, 0.2) is 12.1 Å². The van der Waals surface area contributed by atoms with Crippen LogP contribution in [0, 0.1) is 0 Å². The molecule has 4 aromatic rings. The molecule has 4 rings (SSSR count). The predicted molar refractivity (Wildman–Crippen MR) is 106 cm³/mol. The largest absolute Gasteiger partial charge is 0.462 e. The number of aromatic nitrogens is 2. The molecular weight excluding hydrogens is 412 g/mol. The van der Waals surface area contributed by atoms with E-state index in [4.69, 9.17) is 9.47 Å². The third kappa shape index (κ3) is 3.13. The number of carbonyl (C=O) groups excluding carboxylic acids is 2. The van der Waals surface area contributed by atoms with Crippen molar-refractivity contribution in [3.8, 4) is 10.0 Å². The molecule has 0 N–H and O–H groups in total. The average Bonchev–Trinajstić information content (AvgIpc) is 3.32. The highest BCUT2D eigenvalue weighted by Crippen LogP contribution is 2.40. The molecule has 0 fully saturated rings. The molecule has 0 bridgehead atoms. The maximum absolute atomic E-state index is 11.8. The van der Waals surface area contributed by atoms with E-state index in [0.717, 1.165) is 29.1 Å². The lowest BCUT2D eigenvalue weighted by atomic mass is 10.5. The lowest BCUT2D eigenvalue weighted by Gasteiger charge is -1.96. The number of thiazole rings is 2. The fourth-order valence-electron chi connectivity index (χ4n) is 2.26. The Morgan fingerprint density at radius 2 is 1.23 bits per heavy atom. The number of thiophene rings is 2. The number of esters is 2. The summed E-state index contributed by atoms with van der Waals surface area (Å²) in [6.45, 7) is 4.27. The van der Waals surface area contributed by atoms with Crippen LogP contribution in [-0.2, 0) is 9.47 Å².